The number of carbonyl (C=O) groups excluding carboxylic acids is 1. The number of aliphatic hydroxyl groups is 1. The van der Waals surface area contributed by atoms with Crippen molar-refractivity contribution in [3.63, 3.8) is 0 Å². The highest BCUT2D eigenvalue weighted by atomic mass is 32.2. The standard InChI is InChI=1S/C12H16N2O5S2/c1-3-6(13-19)4-20-12-8(11(17)18)14-9(16)7(5(2)15)10(14)21-12/h5,7,10,15,19H,3-4H2,1-2H3,(H,17,18)/t5?,7-,10+/m0/s1. The Labute approximate surface area is 130 Å². The molecule has 0 radical (unpaired) electrons. The Balaban J connectivity index is 2.17. The van der Waals surface area contributed by atoms with Crippen molar-refractivity contribution in [2.75, 3.05) is 5.75 Å². The highest BCUT2D eigenvalue weighted by molar-refractivity contribution is 8.23. The molecule has 116 valence electrons. The largest absolute Gasteiger partial charge is 0.477 e. The summed E-state index contributed by atoms with van der Waals surface area (Å²) in [7, 11) is 0. The number of hydrogen-bond donors (Lipinski definition) is 3. The number of aliphatic hydroxyl groups excluding tert-OH is 1. The van der Waals surface area contributed by atoms with Crippen molar-refractivity contribution in [3.05, 3.63) is 9.93 Å². The fraction of sp³-hybridized carbons (Fsp3) is 0.583. The summed E-state index contributed by atoms with van der Waals surface area (Å²) in [4.78, 5) is 24.6. The second kappa shape index (κ2) is 6.29. The fourth-order valence-electron chi connectivity index (χ4n) is 2.20. The molecule has 3 N–H and O–H groups in total. The summed E-state index contributed by atoms with van der Waals surface area (Å²) in [5, 5.41) is 30.5. The van der Waals surface area contributed by atoms with Gasteiger partial charge >= 0.3 is 5.97 Å². The molecule has 2 aliphatic rings. The van der Waals surface area contributed by atoms with Gasteiger partial charge in [0.15, 0.2) is 5.70 Å². The number of carboxylic acid groups (broad SMARTS) is 1. The maximum absolute atomic E-state index is 12.0. The van der Waals surface area contributed by atoms with Crippen molar-refractivity contribution >= 4 is 41.1 Å². The Morgan fingerprint density at radius 1 is 1.57 bits per heavy atom. The third-order valence-electron chi connectivity index (χ3n) is 3.39. The predicted molar refractivity (Wildman–Crippen MR) is 80.0 cm³/mol. The molecule has 0 spiro atoms. The number of carbonyl (C=O) groups is 2. The van der Waals surface area contributed by atoms with Crippen molar-refractivity contribution in [1.29, 1.82) is 0 Å². The minimum atomic E-state index is -1.16. The second-order valence-electron chi connectivity index (χ2n) is 4.73. The molecule has 0 aromatic rings. The van der Waals surface area contributed by atoms with Gasteiger partial charge in [0.2, 0.25) is 5.91 Å². The van der Waals surface area contributed by atoms with Gasteiger partial charge in [0, 0.05) is 5.75 Å². The molecule has 1 saturated heterocycles. The first-order valence-corrected chi connectivity index (χ1v) is 8.26. The van der Waals surface area contributed by atoms with Crippen LogP contribution in [0.3, 0.4) is 0 Å². The van der Waals surface area contributed by atoms with Crippen LogP contribution in [-0.4, -0.2) is 55.1 Å². The monoisotopic (exact) mass is 332 g/mol. The summed E-state index contributed by atoms with van der Waals surface area (Å²) in [5.74, 6) is -1.73. The molecule has 9 heteroatoms. The lowest BCUT2D eigenvalue weighted by atomic mass is 9.92. The minimum absolute atomic E-state index is 0.0368. The smallest absolute Gasteiger partial charge is 0.354 e. The quantitative estimate of drug-likeness (QED) is 0.289. The number of carboxylic acids is 1. The Morgan fingerprint density at radius 3 is 2.71 bits per heavy atom. The average Bonchev–Trinajstić information content (AvgIpc) is 2.74. The van der Waals surface area contributed by atoms with Crippen molar-refractivity contribution < 1.29 is 25.0 Å². The number of aliphatic carboxylic acids is 1. The van der Waals surface area contributed by atoms with Crippen LogP contribution in [0, 0.1) is 5.92 Å². The molecular weight excluding hydrogens is 316 g/mol. The maximum atomic E-state index is 12.0. The Morgan fingerprint density at radius 2 is 2.24 bits per heavy atom. The number of hydrogen-bond acceptors (Lipinski definition) is 7. The molecule has 3 atom stereocenters. The van der Waals surface area contributed by atoms with Crippen LogP contribution < -0.4 is 0 Å². The molecule has 0 aromatic carbocycles. The molecule has 7 nitrogen and oxygen atoms in total. The van der Waals surface area contributed by atoms with Gasteiger partial charge in [0.05, 0.1) is 22.0 Å². The lowest BCUT2D eigenvalue weighted by Crippen LogP contribution is -2.60. The number of rotatable bonds is 6. The normalized spacial score (nSPS) is 26.7. The third-order valence-corrected chi connectivity index (χ3v) is 6.12. The fourth-order valence-corrected chi connectivity index (χ4v) is 5.15. The topological polar surface area (TPSA) is 110 Å². The van der Waals surface area contributed by atoms with Crippen LogP contribution in [0.4, 0.5) is 0 Å². The molecule has 0 aliphatic carbocycles. The van der Waals surface area contributed by atoms with Gasteiger partial charge in [-0.05, 0) is 13.3 Å². The zero-order chi connectivity index (χ0) is 15.7. The summed E-state index contributed by atoms with van der Waals surface area (Å²) >= 11 is 2.51. The second-order valence-corrected chi connectivity index (χ2v) is 7.10. The highest BCUT2D eigenvalue weighted by Gasteiger charge is 2.57. The molecule has 21 heavy (non-hydrogen) atoms. The van der Waals surface area contributed by atoms with E-state index < -0.39 is 18.0 Å². The van der Waals surface area contributed by atoms with E-state index in [0.29, 0.717) is 22.1 Å². The van der Waals surface area contributed by atoms with Crippen molar-refractivity contribution in [2.24, 2.45) is 11.1 Å². The van der Waals surface area contributed by atoms with Gasteiger partial charge in [-0.3, -0.25) is 9.69 Å². The summed E-state index contributed by atoms with van der Waals surface area (Å²) in [5.41, 5.74) is 0.510. The van der Waals surface area contributed by atoms with Crippen LogP contribution in [-0.2, 0) is 9.59 Å². The zero-order valence-electron chi connectivity index (χ0n) is 11.5. The lowest BCUT2D eigenvalue weighted by Gasteiger charge is -2.43. The molecule has 1 fully saturated rings. The molecule has 0 bridgehead atoms. The predicted octanol–water partition coefficient (Wildman–Crippen LogP) is 1.13. The van der Waals surface area contributed by atoms with E-state index >= 15 is 0 Å². The van der Waals surface area contributed by atoms with Crippen LogP contribution in [0.15, 0.2) is 15.1 Å². The zero-order valence-corrected chi connectivity index (χ0v) is 13.1. The number of thioether (sulfide) groups is 2. The van der Waals surface area contributed by atoms with E-state index in [1.54, 1.807) is 0 Å². The van der Waals surface area contributed by atoms with Gasteiger partial charge in [0.1, 0.15) is 5.37 Å². The molecule has 2 heterocycles. The Kier molecular flexibility index (Phi) is 4.84. The van der Waals surface area contributed by atoms with Crippen LogP contribution in [0.2, 0.25) is 0 Å². The lowest BCUT2D eigenvalue weighted by molar-refractivity contribution is -0.156. The third kappa shape index (κ3) is 2.77. The summed E-state index contributed by atoms with van der Waals surface area (Å²) in [6, 6.07) is 0. The maximum Gasteiger partial charge on any atom is 0.354 e. The van der Waals surface area contributed by atoms with Gasteiger partial charge in [0.25, 0.3) is 0 Å². The van der Waals surface area contributed by atoms with Crippen LogP contribution >= 0.6 is 23.5 Å². The molecule has 1 unspecified atom stereocenters. The van der Waals surface area contributed by atoms with Gasteiger partial charge in [-0.2, -0.15) is 0 Å². The van der Waals surface area contributed by atoms with E-state index in [0.717, 1.165) is 0 Å². The van der Waals surface area contributed by atoms with Crippen LogP contribution in [0.1, 0.15) is 20.3 Å². The summed E-state index contributed by atoms with van der Waals surface area (Å²) < 4.78 is 0.513. The number of oxime groups is 1. The number of nitrogens with zero attached hydrogens (tertiary/aromatic N) is 2. The Bertz CT molecular complexity index is 532. The van der Waals surface area contributed by atoms with Crippen LogP contribution in [0.25, 0.3) is 0 Å². The van der Waals surface area contributed by atoms with Gasteiger partial charge < -0.3 is 15.4 Å². The summed E-state index contributed by atoms with van der Waals surface area (Å²) in [6.45, 7) is 3.36. The molecule has 1 amide bonds. The number of fused-ring (bicyclic) bond motifs is 1. The minimum Gasteiger partial charge on any atom is -0.477 e. The first-order valence-electron chi connectivity index (χ1n) is 6.40. The summed E-state index contributed by atoms with van der Waals surface area (Å²) in [6.07, 6.45) is -0.248. The average molecular weight is 332 g/mol. The van der Waals surface area contributed by atoms with Crippen molar-refractivity contribution in [1.82, 2.24) is 4.90 Å². The van der Waals surface area contributed by atoms with E-state index in [1.807, 2.05) is 6.92 Å². The first-order chi connectivity index (χ1) is 9.92. The molecule has 2 rings (SSSR count). The van der Waals surface area contributed by atoms with E-state index in [2.05, 4.69) is 5.16 Å². The highest BCUT2D eigenvalue weighted by Crippen LogP contribution is 2.53. The Hall–Kier alpha value is -1.19. The van der Waals surface area contributed by atoms with E-state index in [4.69, 9.17) is 5.21 Å². The molecular formula is C12H16N2O5S2. The number of amides is 1. The molecule has 0 saturated carbocycles. The first kappa shape index (κ1) is 16.2. The molecule has 0 aromatic heterocycles. The van der Waals surface area contributed by atoms with Gasteiger partial charge in [-0.15, -0.1) is 11.8 Å². The van der Waals surface area contributed by atoms with Crippen molar-refractivity contribution in [3.8, 4) is 0 Å². The van der Waals surface area contributed by atoms with Gasteiger partial charge in [-0.25, -0.2) is 4.79 Å². The van der Waals surface area contributed by atoms with Gasteiger partial charge in [-0.1, -0.05) is 23.8 Å². The SMILES string of the molecule is CCC(CSC1=C(C(=O)O)N2C(=O)[C@H](C(C)O)[C@H]2S1)=NO. The van der Waals surface area contributed by atoms with Crippen LogP contribution in [0.5, 0.6) is 0 Å². The van der Waals surface area contributed by atoms with E-state index in [-0.39, 0.29) is 17.0 Å². The van der Waals surface area contributed by atoms with Crippen molar-refractivity contribution in [2.45, 2.75) is 31.7 Å². The van der Waals surface area contributed by atoms with E-state index in [1.165, 1.54) is 35.3 Å². The number of β-lactam (4-membered cyclic amide) rings is 1. The molecule has 2 aliphatic heterocycles. The van der Waals surface area contributed by atoms with E-state index in [9.17, 15) is 19.8 Å².